The van der Waals surface area contributed by atoms with E-state index in [4.69, 9.17) is 4.84 Å². The van der Waals surface area contributed by atoms with Gasteiger partial charge in [-0.15, -0.1) is 0 Å². The van der Waals surface area contributed by atoms with Crippen LogP contribution in [0.5, 0.6) is 0 Å². The van der Waals surface area contributed by atoms with Crippen LogP contribution in [-0.2, 0) is 22.0 Å². The first-order valence-electron chi connectivity index (χ1n) is 10.9. The summed E-state index contributed by atoms with van der Waals surface area (Å²) in [7, 11) is 1.49. The molecule has 0 unspecified atom stereocenters. The fourth-order valence-corrected chi connectivity index (χ4v) is 3.58. The van der Waals surface area contributed by atoms with E-state index in [1.807, 2.05) is 0 Å². The van der Waals surface area contributed by atoms with E-state index in [1.54, 1.807) is 16.9 Å². The summed E-state index contributed by atoms with van der Waals surface area (Å²) in [6, 6.07) is -0.614. The number of hydroxylamine groups is 2. The van der Waals surface area contributed by atoms with Gasteiger partial charge in [-0.3, -0.25) is 14.4 Å². The van der Waals surface area contributed by atoms with E-state index in [-0.39, 0.29) is 38.1 Å². The zero-order valence-electron chi connectivity index (χ0n) is 19.7. The van der Waals surface area contributed by atoms with Gasteiger partial charge in [0.2, 0.25) is 5.95 Å². The lowest BCUT2D eigenvalue weighted by atomic mass is 10.2. The molecule has 0 aromatic carbocycles. The molecule has 0 bridgehead atoms. The molecule has 2 N–H and O–H groups in total. The first-order chi connectivity index (χ1) is 17.3. The summed E-state index contributed by atoms with van der Waals surface area (Å²) in [4.78, 5) is 40.1. The van der Waals surface area contributed by atoms with Crippen molar-refractivity contribution in [3.05, 3.63) is 40.1 Å². The summed E-state index contributed by atoms with van der Waals surface area (Å²) in [6.45, 7) is 2.44. The molecular formula is C20H24F6N8O3. The fourth-order valence-electron chi connectivity index (χ4n) is 3.58. The Balaban J connectivity index is 1.44. The van der Waals surface area contributed by atoms with Crippen LogP contribution in [0.15, 0.2) is 23.4 Å². The fraction of sp³-hybridized carbons (Fsp3) is 0.550. The molecule has 2 aromatic rings. The third-order valence-electron chi connectivity index (χ3n) is 5.36. The number of carbonyl (C=O) groups is 1. The van der Waals surface area contributed by atoms with E-state index in [1.165, 1.54) is 17.0 Å². The molecule has 3 rings (SSSR count). The van der Waals surface area contributed by atoms with Crippen molar-refractivity contribution in [1.82, 2.24) is 30.1 Å². The second kappa shape index (κ2) is 11.3. The van der Waals surface area contributed by atoms with E-state index in [0.717, 1.165) is 6.20 Å². The van der Waals surface area contributed by atoms with Crippen LogP contribution >= 0.6 is 0 Å². The van der Waals surface area contributed by atoms with Crippen LogP contribution in [-0.4, -0.2) is 88.5 Å². The molecule has 11 nitrogen and oxygen atoms in total. The minimum atomic E-state index is -4.88. The first-order valence-corrected chi connectivity index (χ1v) is 10.9. The van der Waals surface area contributed by atoms with Crippen LogP contribution in [0.1, 0.15) is 18.1 Å². The van der Waals surface area contributed by atoms with E-state index in [0.29, 0.717) is 25.5 Å². The predicted molar refractivity (Wildman–Crippen MR) is 117 cm³/mol. The molecular weight excluding hydrogens is 514 g/mol. The average molecular weight is 538 g/mol. The standard InChI is InChI=1S/C20H24F6N8O3/c1-12(30-14-9-29-31-17(36)16(14)20(24,25)26)10-32(2)37-11-15(35)33-3-5-34(6-4-33)18-27-7-13(8-28-18)19(21,22)23/h7-9,12H,3-6,10-11H2,1-2H3,(H2,30,31,36)/t12-/m0/s1. The van der Waals surface area contributed by atoms with Crippen molar-refractivity contribution < 1.29 is 36.0 Å². The monoisotopic (exact) mass is 538 g/mol. The quantitative estimate of drug-likeness (QED) is 0.382. The second-order valence-corrected chi connectivity index (χ2v) is 8.25. The highest BCUT2D eigenvalue weighted by molar-refractivity contribution is 5.77. The first kappa shape index (κ1) is 28.1. The Morgan fingerprint density at radius 2 is 1.73 bits per heavy atom. The second-order valence-electron chi connectivity index (χ2n) is 8.25. The molecule has 0 spiro atoms. The molecule has 1 aliphatic rings. The number of piperazine rings is 1. The molecule has 0 saturated carbocycles. The van der Waals surface area contributed by atoms with Crippen LogP contribution in [0.3, 0.4) is 0 Å². The summed E-state index contributed by atoms with van der Waals surface area (Å²) < 4.78 is 77.5. The van der Waals surface area contributed by atoms with Crippen LogP contribution < -0.4 is 15.8 Å². The van der Waals surface area contributed by atoms with E-state index >= 15 is 0 Å². The number of nitrogens with zero attached hydrogens (tertiary/aromatic N) is 6. The predicted octanol–water partition coefficient (Wildman–Crippen LogP) is 1.61. The number of H-pyrrole nitrogens is 1. The minimum absolute atomic E-state index is 0.0659. The summed E-state index contributed by atoms with van der Waals surface area (Å²) in [5, 5.41) is 8.99. The molecule has 1 fully saturated rings. The third-order valence-corrected chi connectivity index (χ3v) is 5.36. The van der Waals surface area contributed by atoms with Crippen LogP contribution in [0, 0.1) is 0 Å². The van der Waals surface area contributed by atoms with E-state index < -0.39 is 40.8 Å². The molecule has 17 heteroatoms. The highest BCUT2D eigenvalue weighted by atomic mass is 19.4. The zero-order chi connectivity index (χ0) is 27.4. The van der Waals surface area contributed by atoms with Gasteiger partial charge in [0, 0.05) is 58.2 Å². The number of hydrogen-bond donors (Lipinski definition) is 2. The molecule has 1 atom stereocenters. The van der Waals surface area contributed by atoms with Crippen molar-refractivity contribution in [1.29, 1.82) is 0 Å². The van der Waals surface area contributed by atoms with Gasteiger partial charge in [0.1, 0.15) is 12.2 Å². The molecule has 1 aliphatic heterocycles. The van der Waals surface area contributed by atoms with E-state index in [2.05, 4.69) is 20.4 Å². The maximum absolute atomic E-state index is 13.2. The summed E-state index contributed by atoms with van der Waals surface area (Å²) in [6.07, 6.45) is -7.14. The molecule has 0 radical (unpaired) electrons. The number of anilines is 2. The van der Waals surface area contributed by atoms with Crippen molar-refractivity contribution in [2.75, 3.05) is 56.6 Å². The van der Waals surface area contributed by atoms with Gasteiger partial charge in [-0.1, -0.05) is 0 Å². The van der Waals surface area contributed by atoms with Crippen molar-refractivity contribution in [3.8, 4) is 0 Å². The highest BCUT2D eigenvalue weighted by Crippen LogP contribution is 2.31. The van der Waals surface area contributed by atoms with Crippen LogP contribution in [0.25, 0.3) is 0 Å². The number of hydrogen-bond acceptors (Lipinski definition) is 9. The number of rotatable bonds is 8. The lowest BCUT2D eigenvalue weighted by Crippen LogP contribution is -2.50. The van der Waals surface area contributed by atoms with Gasteiger partial charge in [0.15, 0.2) is 0 Å². The van der Waals surface area contributed by atoms with E-state index in [9.17, 15) is 35.9 Å². The highest BCUT2D eigenvalue weighted by Gasteiger charge is 2.37. The van der Waals surface area contributed by atoms with Crippen molar-refractivity contribution in [3.63, 3.8) is 0 Å². The van der Waals surface area contributed by atoms with Crippen molar-refractivity contribution >= 4 is 17.5 Å². The Bertz CT molecular complexity index is 1120. The third kappa shape index (κ3) is 7.51. The molecule has 2 aromatic heterocycles. The van der Waals surface area contributed by atoms with Gasteiger partial charge in [0.05, 0.1) is 17.4 Å². The maximum atomic E-state index is 13.2. The van der Waals surface area contributed by atoms with Gasteiger partial charge in [-0.05, 0) is 6.92 Å². The summed E-state index contributed by atoms with van der Waals surface area (Å²) in [5.74, 6) is -0.222. The molecule has 1 saturated heterocycles. The topological polar surface area (TPSA) is 120 Å². The maximum Gasteiger partial charge on any atom is 0.423 e. The minimum Gasteiger partial charge on any atom is -0.379 e. The molecule has 37 heavy (non-hydrogen) atoms. The number of alkyl halides is 6. The Morgan fingerprint density at radius 1 is 1.11 bits per heavy atom. The normalized spacial score (nSPS) is 15.7. The van der Waals surface area contributed by atoms with Crippen molar-refractivity contribution in [2.45, 2.75) is 25.3 Å². The zero-order valence-corrected chi connectivity index (χ0v) is 19.7. The van der Waals surface area contributed by atoms with Crippen LogP contribution in [0.4, 0.5) is 38.0 Å². The van der Waals surface area contributed by atoms with Crippen LogP contribution in [0.2, 0.25) is 0 Å². The Kier molecular flexibility index (Phi) is 8.57. The van der Waals surface area contributed by atoms with Gasteiger partial charge in [-0.2, -0.15) is 36.5 Å². The molecule has 0 aliphatic carbocycles. The Hall–Kier alpha value is -3.47. The number of likely N-dealkylation sites (N-methyl/N-ethyl adjacent to an activating group) is 1. The Morgan fingerprint density at radius 3 is 2.30 bits per heavy atom. The Labute approximate surface area is 206 Å². The largest absolute Gasteiger partial charge is 0.423 e. The molecule has 3 heterocycles. The van der Waals surface area contributed by atoms with Gasteiger partial charge in [0.25, 0.3) is 11.5 Å². The van der Waals surface area contributed by atoms with Crippen molar-refractivity contribution in [2.24, 2.45) is 0 Å². The summed E-state index contributed by atoms with van der Waals surface area (Å²) in [5.41, 5.74) is -4.20. The van der Waals surface area contributed by atoms with Gasteiger partial charge in [-0.25, -0.2) is 15.1 Å². The molecule has 204 valence electrons. The number of halogens is 6. The lowest BCUT2D eigenvalue weighted by molar-refractivity contribution is -0.167. The number of carbonyl (C=O) groups excluding carboxylic acids is 1. The average Bonchev–Trinajstić information content (AvgIpc) is 2.81. The lowest BCUT2D eigenvalue weighted by Gasteiger charge is -2.35. The van der Waals surface area contributed by atoms with Gasteiger partial charge >= 0.3 is 12.4 Å². The molecule has 1 amide bonds. The number of nitrogens with one attached hydrogen (secondary N) is 2. The number of aromatic amines is 1. The summed E-state index contributed by atoms with van der Waals surface area (Å²) >= 11 is 0. The smallest absolute Gasteiger partial charge is 0.379 e. The SMILES string of the molecule is C[C@@H](CN(C)OCC(=O)N1CCN(c2ncc(C(F)(F)F)cn2)CC1)Nc1cn[nH]c(=O)c1C(F)(F)F. The van der Waals surface area contributed by atoms with Gasteiger partial charge < -0.3 is 15.1 Å². The number of aromatic nitrogens is 4. The number of amides is 1.